The predicted octanol–water partition coefficient (Wildman–Crippen LogP) is 2.43. The third-order valence-electron chi connectivity index (χ3n) is 4.50. The summed E-state index contributed by atoms with van der Waals surface area (Å²) in [7, 11) is -3.46. The number of benzene rings is 1. The summed E-state index contributed by atoms with van der Waals surface area (Å²) in [5, 5.41) is 3.01. The molecule has 0 saturated heterocycles. The molecule has 4 N–H and O–H groups in total. The lowest BCUT2D eigenvalue weighted by atomic mass is 9.84. The van der Waals surface area contributed by atoms with Crippen molar-refractivity contribution in [3.8, 4) is 0 Å². The topological polar surface area (TPSA) is 101 Å². The summed E-state index contributed by atoms with van der Waals surface area (Å²) in [6.45, 7) is 2.25. The van der Waals surface area contributed by atoms with Crippen LogP contribution in [0.2, 0.25) is 0 Å². The molecule has 0 radical (unpaired) electrons. The summed E-state index contributed by atoms with van der Waals surface area (Å²) in [5.74, 6) is 0.106. The van der Waals surface area contributed by atoms with Gasteiger partial charge >= 0.3 is 0 Å². The average Bonchev–Trinajstić information content (AvgIpc) is 2.53. The molecule has 2 rings (SSSR count). The molecule has 6 nitrogen and oxygen atoms in total. The van der Waals surface area contributed by atoms with Gasteiger partial charge in [-0.25, -0.2) is 8.42 Å². The lowest BCUT2D eigenvalue weighted by Gasteiger charge is -2.30. The standard InChI is InChI=1S/C17H27N3O3S.ClH/c1-12-8-9-15(20-24(2,22)23)14(10-12)17(21)19-16(11-18)13-6-4-3-5-7-13;/h8-10,13,16,20H,3-7,11,18H2,1-2H3,(H,19,21);1H. The van der Waals surface area contributed by atoms with E-state index < -0.39 is 10.0 Å². The zero-order valence-corrected chi connectivity index (χ0v) is 16.4. The molecule has 1 atom stereocenters. The molecule has 1 aromatic carbocycles. The Hall–Kier alpha value is -1.31. The fourth-order valence-electron chi connectivity index (χ4n) is 3.29. The van der Waals surface area contributed by atoms with Crippen LogP contribution in [-0.4, -0.2) is 33.2 Å². The highest BCUT2D eigenvalue weighted by molar-refractivity contribution is 7.92. The Bertz CT molecular complexity index is 688. The molecular formula is C17H28ClN3O3S. The van der Waals surface area contributed by atoms with Gasteiger partial charge in [0.05, 0.1) is 17.5 Å². The molecule has 1 aromatic rings. The predicted molar refractivity (Wildman–Crippen MR) is 104 cm³/mol. The lowest BCUT2D eigenvalue weighted by molar-refractivity contribution is 0.0916. The highest BCUT2D eigenvalue weighted by Gasteiger charge is 2.25. The number of anilines is 1. The quantitative estimate of drug-likeness (QED) is 0.695. The number of carbonyl (C=O) groups is 1. The Morgan fingerprint density at radius 1 is 1.28 bits per heavy atom. The molecule has 0 heterocycles. The Morgan fingerprint density at radius 2 is 1.92 bits per heavy atom. The number of nitrogens with one attached hydrogen (secondary N) is 2. The van der Waals surface area contributed by atoms with Crippen molar-refractivity contribution >= 4 is 34.0 Å². The van der Waals surface area contributed by atoms with Crippen molar-refractivity contribution in [3.63, 3.8) is 0 Å². The van der Waals surface area contributed by atoms with Crippen molar-refractivity contribution in [2.45, 2.75) is 45.1 Å². The van der Waals surface area contributed by atoms with Crippen molar-refractivity contribution < 1.29 is 13.2 Å². The molecule has 1 aliphatic carbocycles. The molecular weight excluding hydrogens is 362 g/mol. The SMILES string of the molecule is Cc1ccc(NS(C)(=O)=O)c(C(=O)NC(CN)C2CCCCC2)c1.Cl. The van der Waals surface area contributed by atoms with Gasteiger partial charge in [0, 0.05) is 12.6 Å². The van der Waals surface area contributed by atoms with Crippen molar-refractivity contribution in [1.29, 1.82) is 0 Å². The molecule has 25 heavy (non-hydrogen) atoms. The Kier molecular flexibility index (Phi) is 8.18. The van der Waals surface area contributed by atoms with Crippen molar-refractivity contribution in [3.05, 3.63) is 29.3 Å². The maximum atomic E-state index is 12.7. The first-order chi connectivity index (χ1) is 11.3. The number of nitrogens with two attached hydrogens (primary N) is 1. The molecule has 8 heteroatoms. The Morgan fingerprint density at radius 3 is 2.48 bits per heavy atom. The summed E-state index contributed by atoms with van der Waals surface area (Å²) in [6, 6.07) is 5.00. The van der Waals surface area contributed by atoms with Gasteiger partial charge in [-0.05, 0) is 37.8 Å². The first kappa shape index (κ1) is 21.7. The molecule has 0 spiro atoms. The zero-order chi connectivity index (χ0) is 17.7. The second-order valence-electron chi connectivity index (χ2n) is 6.64. The molecule has 0 aromatic heterocycles. The van der Waals surface area contributed by atoms with Gasteiger partial charge in [0.1, 0.15) is 0 Å². The largest absolute Gasteiger partial charge is 0.348 e. The fraction of sp³-hybridized carbons (Fsp3) is 0.588. The van der Waals surface area contributed by atoms with Gasteiger partial charge < -0.3 is 11.1 Å². The number of halogens is 1. The lowest BCUT2D eigenvalue weighted by Crippen LogP contribution is -2.46. The Labute approximate surface area is 156 Å². The summed E-state index contributed by atoms with van der Waals surface area (Å²) in [6.07, 6.45) is 6.79. The third kappa shape index (κ3) is 6.49. The van der Waals surface area contributed by atoms with Crippen LogP contribution in [0.1, 0.15) is 48.0 Å². The van der Waals surface area contributed by atoms with Gasteiger partial charge in [-0.3, -0.25) is 9.52 Å². The summed E-state index contributed by atoms with van der Waals surface area (Å²) in [5.41, 5.74) is 7.38. The smallest absolute Gasteiger partial charge is 0.253 e. The number of aryl methyl sites for hydroxylation is 1. The molecule has 1 unspecified atom stereocenters. The van der Waals surface area contributed by atoms with E-state index in [0.717, 1.165) is 24.7 Å². The van der Waals surface area contributed by atoms with Gasteiger partial charge in [0.2, 0.25) is 10.0 Å². The van der Waals surface area contributed by atoms with Gasteiger partial charge in [-0.1, -0.05) is 30.9 Å². The number of hydrogen-bond acceptors (Lipinski definition) is 4. The number of rotatable bonds is 6. The van der Waals surface area contributed by atoms with Gasteiger partial charge in [-0.2, -0.15) is 0 Å². The first-order valence-corrected chi connectivity index (χ1v) is 10.3. The molecule has 0 bridgehead atoms. The Balaban J connectivity index is 0.00000312. The van der Waals surface area contributed by atoms with Crippen LogP contribution in [0.15, 0.2) is 18.2 Å². The molecule has 0 aliphatic heterocycles. The van der Waals surface area contributed by atoms with Gasteiger partial charge in [0.25, 0.3) is 5.91 Å². The van der Waals surface area contributed by atoms with Crippen LogP contribution in [0.5, 0.6) is 0 Å². The molecule has 1 amide bonds. The molecule has 1 fully saturated rings. The highest BCUT2D eigenvalue weighted by Crippen LogP contribution is 2.27. The maximum Gasteiger partial charge on any atom is 0.253 e. The van der Waals surface area contributed by atoms with E-state index in [4.69, 9.17) is 5.73 Å². The van der Waals surface area contributed by atoms with E-state index in [-0.39, 0.29) is 24.4 Å². The minimum absolute atomic E-state index is 0. The van der Waals surface area contributed by atoms with Crippen LogP contribution in [0.4, 0.5) is 5.69 Å². The molecule has 1 aliphatic rings. The van der Waals surface area contributed by atoms with Crippen LogP contribution in [-0.2, 0) is 10.0 Å². The second kappa shape index (κ2) is 9.40. The third-order valence-corrected chi connectivity index (χ3v) is 5.10. The van der Waals surface area contributed by atoms with E-state index >= 15 is 0 Å². The molecule has 1 saturated carbocycles. The van der Waals surface area contributed by atoms with Crippen LogP contribution in [0, 0.1) is 12.8 Å². The summed E-state index contributed by atoms with van der Waals surface area (Å²) >= 11 is 0. The van der Waals surface area contributed by atoms with Crippen molar-refractivity contribution in [2.75, 3.05) is 17.5 Å². The van der Waals surface area contributed by atoms with E-state index in [1.807, 2.05) is 6.92 Å². The number of amides is 1. The van der Waals surface area contributed by atoms with Crippen LogP contribution < -0.4 is 15.8 Å². The van der Waals surface area contributed by atoms with Crippen molar-refractivity contribution in [1.82, 2.24) is 5.32 Å². The number of sulfonamides is 1. The minimum Gasteiger partial charge on any atom is -0.348 e. The van der Waals surface area contributed by atoms with Gasteiger partial charge in [0.15, 0.2) is 0 Å². The second-order valence-corrected chi connectivity index (χ2v) is 8.39. The first-order valence-electron chi connectivity index (χ1n) is 8.39. The van der Waals surface area contributed by atoms with Crippen LogP contribution in [0.25, 0.3) is 0 Å². The van der Waals surface area contributed by atoms with E-state index in [2.05, 4.69) is 10.0 Å². The van der Waals surface area contributed by atoms with E-state index in [0.29, 0.717) is 23.7 Å². The van der Waals surface area contributed by atoms with E-state index in [1.54, 1.807) is 18.2 Å². The highest BCUT2D eigenvalue weighted by atomic mass is 35.5. The number of hydrogen-bond donors (Lipinski definition) is 3. The monoisotopic (exact) mass is 389 g/mol. The summed E-state index contributed by atoms with van der Waals surface area (Å²) in [4.78, 5) is 12.7. The normalized spacial score (nSPS) is 16.6. The van der Waals surface area contributed by atoms with E-state index in [9.17, 15) is 13.2 Å². The van der Waals surface area contributed by atoms with E-state index in [1.165, 1.54) is 19.3 Å². The minimum atomic E-state index is -3.46. The number of carbonyl (C=O) groups excluding carboxylic acids is 1. The average molecular weight is 390 g/mol. The van der Waals surface area contributed by atoms with Gasteiger partial charge in [-0.15, -0.1) is 12.4 Å². The maximum absolute atomic E-state index is 12.7. The van der Waals surface area contributed by atoms with Crippen molar-refractivity contribution in [2.24, 2.45) is 11.7 Å². The summed E-state index contributed by atoms with van der Waals surface area (Å²) < 4.78 is 25.5. The van der Waals surface area contributed by atoms with Crippen LogP contribution in [0.3, 0.4) is 0 Å². The fourth-order valence-corrected chi connectivity index (χ4v) is 3.86. The molecule has 142 valence electrons. The van der Waals surface area contributed by atoms with Crippen LogP contribution >= 0.6 is 12.4 Å². The zero-order valence-electron chi connectivity index (χ0n) is 14.7.